The van der Waals surface area contributed by atoms with E-state index < -0.39 is 55.9 Å². The Bertz CT molecular complexity index is 1500. The zero-order valence-corrected chi connectivity index (χ0v) is 33.9. The number of unbranched alkanes of at least 4 members (excludes halogenated alkanes) is 13. The molecule has 1 aliphatic heterocycles. The van der Waals surface area contributed by atoms with E-state index in [4.69, 9.17) is 29.0 Å². The summed E-state index contributed by atoms with van der Waals surface area (Å²) in [4.78, 5) is 16.7. The largest absolute Gasteiger partial charge is 0.459 e. The SMILES string of the molecule is CCCCCCCCCCCCCCCCOCCCO[P@@](=O)(N[C@@H](C)C(=O)OC(C)(C)C)OC[C@H]1O[C@@](C#N)(c2ccc3c(N)ncnn23)[C@H](O)[C@@H]1O. The van der Waals surface area contributed by atoms with Crippen LogP contribution in [0.25, 0.3) is 5.52 Å². The maximum absolute atomic E-state index is 14.0. The summed E-state index contributed by atoms with van der Waals surface area (Å²) in [7, 11) is -4.25. The van der Waals surface area contributed by atoms with Crippen LogP contribution in [0.2, 0.25) is 0 Å². The van der Waals surface area contributed by atoms with Gasteiger partial charge in [-0.1, -0.05) is 90.4 Å². The third-order valence-corrected chi connectivity index (χ3v) is 11.1. The highest BCUT2D eigenvalue weighted by molar-refractivity contribution is 7.51. The molecule has 2 aromatic rings. The van der Waals surface area contributed by atoms with E-state index >= 15 is 0 Å². The van der Waals surface area contributed by atoms with Gasteiger partial charge in [0.2, 0.25) is 5.60 Å². The number of rotatable bonds is 27. The molecule has 16 heteroatoms. The van der Waals surface area contributed by atoms with Crippen molar-refractivity contribution >= 4 is 25.1 Å². The molecule has 1 fully saturated rings. The quantitative estimate of drug-likeness (QED) is 0.0433. The Morgan fingerprint density at radius 1 is 1.00 bits per heavy atom. The van der Waals surface area contributed by atoms with Gasteiger partial charge in [0.25, 0.3) is 0 Å². The molecule has 3 heterocycles. The summed E-state index contributed by atoms with van der Waals surface area (Å²) in [6, 6.07) is 3.91. The molecule has 1 saturated heterocycles. The Hall–Kier alpha value is -2.67. The normalized spacial score (nSPS) is 21.9. The number of hydrogen-bond acceptors (Lipinski definition) is 13. The van der Waals surface area contributed by atoms with Gasteiger partial charge >= 0.3 is 13.7 Å². The van der Waals surface area contributed by atoms with E-state index in [1.165, 1.54) is 101 Å². The predicted octanol–water partition coefficient (Wildman–Crippen LogP) is 6.50. The molecule has 6 atom stereocenters. The topological polar surface area (TPSA) is 213 Å². The van der Waals surface area contributed by atoms with Crippen molar-refractivity contribution in [3.63, 3.8) is 0 Å². The van der Waals surface area contributed by atoms with E-state index in [9.17, 15) is 24.8 Å². The Balaban J connectivity index is 1.45. The van der Waals surface area contributed by atoms with Gasteiger partial charge in [0.05, 0.1) is 18.9 Å². The fraction of sp³-hybridized carbons (Fsp3) is 0.789. The number of nitrogen functional groups attached to an aromatic ring is 1. The number of nitrogens with one attached hydrogen (secondary N) is 1. The van der Waals surface area contributed by atoms with Gasteiger partial charge in [0, 0.05) is 13.2 Å². The van der Waals surface area contributed by atoms with Crippen LogP contribution in [0.15, 0.2) is 18.5 Å². The molecular weight excluding hydrogens is 715 g/mol. The van der Waals surface area contributed by atoms with E-state index in [0.29, 0.717) is 25.2 Å². The van der Waals surface area contributed by atoms with Crippen molar-refractivity contribution in [3.05, 3.63) is 24.2 Å². The lowest BCUT2D eigenvalue weighted by molar-refractivity contribution is -0.156. The third-order valence-electron chi connectivity index (χ3n) is 9.34. The lowest BCUT2D eigenvalue weighted by Crippen LogP contribution is -2.41. The molecule has 0 saturated carbocycles. The Kier molecular flexibility index (Phi) is 19.3. The van der Waals surface area contributed by atoms with E-state index in [0.717, 1.165) is 12.8 Å². The molecule has 0 radical (unpaired) electrons. The van der Waals surface area contributed by atoms with Crippen molar-refractivity contribution in [3.8, 4) is 6.07 Å². The van der Waals surface area contributed by atoms with Gasteiger partial charge < -0.3 is 30.2 Å². The maximum Gasteiger partial charge on any atom is 0.406 e. The monoisotopic (exact) mass is 780 g/mol. The maximum atomic E-state index is 14.0. The highest BCUT2D eigenvalue weighted by Gasteiger charge is 2.58. The molecule has 5 N–H and O–H groups in total. The summed E-state index contributed by atoms with van der Waals surface area (Å²) in [6.45, 7) is 9.25. The lowest BCUT2D eigenvalue weighted by atomic mass is 9.92. The molecule has 0 bridgehead atoms. The van der Waals surface area contributed by atoms with Gasteiger partial charge in [-0.3, -0.25) is 13.8 Å². The number of carbonyl (C=O) groups excluding carboxylic acids is 1. The van der Waals surface area contributed by atoms with Gasteiger partial charge in [0.15, 0.2) is 5.82 Å². The second-order valence-corrected chi connectivity index (χ2v) is 16.9. The third kappa shape index (κ3) is 14.1. The Morgan fingerprint density at radius 2 is 1.59 bits per heavy atom. The minimum absolute atomic E-state index is 0.0276. The number of nitrogens with two attached hydrogens (primary N) is 1. The summed E-state index contributed by atoms with van der Waals surface area (Å²) >= 11 is 0. The number of aliphatic hydroxyl groups is 2. The Labute approximate surface area is 321 Å². The van der Waals surface area contributed by atoms with Crippen molar-refractivity contribution < 1.29 is 42.8 Å². The summed E-state index contributed by atoms with van der Waals surface area (Å²) < 4.78 is 43.8. The molecule has 0 spiro atoms. The van der Waals surface area contributed by atoms with E-state index in [-0.39, 0.29) is 18.1 Å². The number of ether oxygens (including phenoxy) is 3. The summed E-state index contributed by atoms with van der Waals surface area (Å²) in [5.74, 6) is -0.537. The van der Waals surface area contributed by atoms with Crippen LogP contribution in [0.1, 0.15) is 137 Å². The average molecular weight is 781 g/mol. The summed E-state index contributed by atoms with van der Waals surface area (Å²) in [5.41, 5.74) is 3.54. The number of aliphatic hydroxyl groups excluding tert-OH is 2. The molecule has 54 heavy (non-hydrogen) atoms. The number of hydrogen-bond donors (Lipinski definition) is 4. The molecule has 3 rings (SSSR count). The van der Waals surface area contributed by atoms with Crippen LogP contribution in [-0.4, -0.2) is 87.2 Å². The molecular formula is C38H65N6O9P. The van der Waals surface area contributed by atoms with Crippen LogP contribution in [0.4, 0.5) is 5.82 Å². The highest BCUT2D eigenvalue weighted by Crippen LogP contribution is 2.47. The minimum atomic E-state index is -4.25. The number of nitrogens with zero attached hydrogens (tertiary/aromatic N) is 4. The minimum Gasteiger partial charge on any atom is -0.459 e. The zero-order chi connectivity index (χ0) is 39.6. The molecule has 1 aliphatic rings. The van der Waals surface area contributed by atoms with E-state index in [1.807, 2.05) is 6.07 Å². The van der Waals surface area contributed by atoms with Crippen molar-refractivity contribution in [2.45, 2.75) is 166 Å². The van der Waals surface area contributed by atoms with Gasteiger partial charge in [-0.25, -0.2) is 19.2 Å². The first-order valence-electron chi connectivity index (χ1n) is 19.8. The molecule has 0 aromatic carbocycles. The number of esters is 1. The fourth-order valence-electron chi connectivity index (χ4n) is 6.36. The Morgan fingerprint density at radius 3 is 2.19 bits per heavy atom. The summed E-state index contributed by atoms with van der Waals surface area (Å²) in [5, 5.41) is 39.0. The highest BCUT2D eigenvalue weighted by atomic mass is 31.2. The molecule has 15 nitrogen and oxygen atoms in total. The molecule has 0 unspecified atom stereocenters. The molecule has 0 aliphatic carbocycles. The van der Waals surface area contributed by atoms with Gasteiger partial charge in [-0.05, 0) is 52.7 Å². The first kappa shape index (κ1) is 45.7. The first-order chi connectivity index (χ1) is 25.8. The first-order valence-corrected chi connectivity index (χ1v) is 21.3. The van der Waals surface area contributed by atoms with Crippen LogP contribution in [-0.2, 0) is 38.2 Å². The molecule has 2 aromatic heterocycles. The number of fused-ring (bicyclic) bond motifs is 1. The van der Waals surface area contributed by atoms with Crippen LogP contribution >= 0.6 is 7.75 Å². The smallest absolute Gasteiger partial charge is 0.406 e. The van der Waals surface area contributed by atoms with Gasteiger partial charge in [0.1, 0.15) is 47.9 Å². The number of nitriles is 1. The van der Waals surface area contributed by atoms with Gasteiger partial charge in [-0.2, -0.15) is 10.4 Å². The van der Waals surface area contributed by atoms with Crippen LogP contribution in [0.3, 0.4) is 0 Å². The number of anilines is 1. The lowest BCUT2D eigenvalue weighted by Gasteiger charge is -2.27. The van der Waals surface area contributed by atoms with Crippen LogP contribution in [0, 0.1) is 11.3 Å². The van der Waals surface area contributed by atoms with Crippen molar-refractivity contribution in [2.24, 2.45) is 0 Å². The van der Waals surface area contributed by atoms with E-state index in [1.54, 1.807) is 26.8 Å². The predicted molar refractivity (Wildman–Crippen MR) is 205 cm³/mol. The second-order valence-electron chi connectivity index (χ2n) is 15.2. The number of aromatic nitrogens is 3. The van der Waals surface area contributed by atoms with Crippen LogP contribution < -0.4 is 10.8 Å². The number of carbonyl (C=O) groups is 1. The zero-order valence-electron chi connectivity index (χ0n) is 33.0. The summed E-state index contributed by atoms with van der Waals surface area (Å²) in [6.07, 6.45) is 14.9. The molecule has 0 amide bonds. The average Bonchev–Trinajstić information content (AvgIpc) is 3.67. The van der Waals surface area contributed by atoms with Crippen LogP contribution in [0.5, 0.6) is 0 Å². The van der Waals surface area contributed by atoms with Gasteiger partial charge in [-0.15, -0.1) is 0 Å². The van der Waals surface area contributed by atoms with Crippen molar-refractivity contribution in [2.75, 3.05) is 32.2 Å². The standard InChI is InChI=1S/C38H65N6O9P/c1-6-7-8-9-10-11-12-13-14-15-16-17-18-19-23-49-24-20-25-50-54(48,43-29(2)36(47)53-37(3,4)5)51-26-31-33(45)34(46)38(27-39,52-31)32-22-21-30-35(40)41-28-42-44(30)32/h21-22,28-29,31,33-34,45-46H,6-20,23-26H2,1-5H3,(H,43,48)(H2,40,41,42)/t29-,31+,33+,34+,38-,54-/m0/s1. The molecule has 306 valence electrons. The van der Waals surface area contributed by atoms with Crippen molar-refractivity contribution in [1.82, 2.24) is 19.7 Å². The second kappa shape index (κ2) is 22.8. The van der Waals surface area contributed by atoms with Crippen molar-refractivity contribution in [1.29, 1.82) is 5.26 Å². The van der Waals surface area contributed by atoms with E-state index in [2.05, 4.69) is 22.1 Å². The fourth-order valence-corrected chi connectivity index (χ4v) is 7.88.